The van der Waals surface area contributed by atoms with Crippen molar-refractivity contribution < 1.29 is 0 Å². The second kappa shape index (κ2) is 13.9. The van der Waals surface area contributed by atoms with Crippen molar-refractivity contribution in [2.24, 2.45) is 0 Å². The van der Waals surface area contributed by atoms with E-state index in [0.29, 0.717) is 0 Å². The van der Waals surface area contributed by atoms with Gasteiger partial charge in [0.1, 0.15) is 0 Å². The van der Waals surface area contributed by atoms with E-state index in [1.165, 1.54) is 106 Å². The number of fused-ring (bicyclic) bond motifs is 9. The van der Waals surface area contributed by atoms with Crippen molar-refractivity contribution in [3.8, 4) is 39.1 Å². The molecule has 0 radical (unpaired) electrons. The van der Waals surface area contributed by atoms with Gasteiger partial charge in [-0.2, -0.15) is 0 Å². The van der Waals surface area contributed by atoms with Crippen molar-refractivity contribution in [1.29, 1.82) is 0 Å². The number of benzene rings is 8. The highest BCUT2D eigenvalue weighted by atomic mass is 15.1. The minimum atomic E-state index is -0.134. The van der Waals surface area contributed by atoms with Crippen molar-refractivity contribution in [1.82, 2.24) is 4.57 Å². The predicted molar refractivity (Wildman–Crippen MR) is 273 cm³/mol. The van der Waals surface area contributed by atoms with Gasteiger partial charge in [0.25, 0.3) is 0 Å². The molecule has 0 N–H and O–H groups in total. The summed E-state index contributed by atoms with van der Waals surface area (Å²) < 4.78 is 2.39. The van der Waals surface area contributed by atoms with Crippen molar-refractivity contribution in [2.75, 3.05) is 4.90 Å². The number of para-hydroxylation sites is 2. The van der Waals surface area contributed by atoms with E-state index in [4.69, 9.17) is 0 Å². The SMILES string of the molecule is CC(C)(C)c1ccc2c(c1)C(C)(C)c1cc(C(C)(C)C)c(N(c3ccc(-c4ccc5c(c4)c4ccccc4n5-c4ccccc4)cc3)c3ccc4c(c3)C(C)(C)c3ccccc3-4)cc1-2. The standard InChI is InChI=1S/C62H58N2/c1-59(2,3)41-27-31-47-49-37-58(55(60(4,5)6)38-54(49)62(9,10)52(47)35-41)63(44-30-32-46-45-20-14-16-22-51(45)61(7,8)53(46)36-44)43-28-24-39(25-29-43)40-26-33-57-50(34-40)48-21-15-17-23-56(48)64(57)42-18-12-11-13-19-42/h11-38H,1-10H3. The molecule has 64 heavy (non-hydrogen) atoms. The highest BCUT2D eigenvalue weighted by Crippen LogP contribution is 2.55. The highest BCUT2D eigenvalue weighted by molar-refractivity contribution is 6.10. The summed E-state index contributed by atoms with van der Waals surface area (Å²) in [5.74, 6) is 0. The van der Waals surface area contributed by atoms with Crippen LogP contribution in [-0.4, -0.2) is 4.57 Å². The minimum absolute atomic E-state index is 0.0678. The maximum absolute atomic E-state index is 2.55. The Morgan fingerprint density at radius 1 is 0.406 bits per heavy atom. The van der Waals surface area contributed by atoms with Crippen LogP contribution >= 0.6 is 0 Å². The minimum Gasteiger partial charge on any atom is -0.310 e. The molecule has 316 valence electrons. The molecule has 9 aromatic rings. The Kier molecular flexibility index (Phi) is 8.74. The normalized spacial score (nSPS) is 14.7. The lowest BCUT2D eigenvalue weighted by Crippen LogP contribution is -2.22. The first-order chi connectivity index (χ1) is 30.5. The summed E-state index contributed by atoms with van der Waals surface area (Å²) in [5, 5.41) is 2.52. The molecule has 0 saturated heterocycles. The molecular formula is C62H58N2. The monoisotopic (exact) mass is 830 g/mol. The molecule has 0 fully saturated rings. The van der Waals surface area contributed by atoms with Crippen molar-refractivity contribution in [3.63, 3.8) is 0 Å². The van der Waals surface area contributed by atoms with Crippen molar-refractivity contribution in [3.05, 3.63) is 203 Å². The third kappa shape index (κ3) is 6.06. The van der Waals surface area contributed by atoms with Gasteiger partial charge in [0.05, 0.1) is 16.7 Å². The van der Waals surface area contributed by atoms with Crippen LogP contribution in [0.15, 0.2) is 170 Å². The first-order valence-electron chi connectivity index (χ1n) is 23.1. The van der Waals surface area contributed by atoms with E-state index in [9.17, 15) is 0 Å². The second-order valence-electron chi connectivity index (χ2n) is 21.5. The van der Waals surface area contributed by atoms with Gasteiger partial charge in [-0.05, 0) is 138 Å². The number of anilines is 3. The molecule has 1 heterocycles. The molecule has 2 nitrogen and oxygen atoms in total. The molecule has 2 aliphatic rings. The summed E-state index contributed by atoms with van der Waals surface area (Å²) in [6, 6.07) is 64.3. The zero-order valence-electron chi connectivity index (χ0n) is 39.1. The van der Waals surface area contributed by atoms with Crippen LogP contribution in [-0.2, 0) is 21.7 Å². The third-order valence-electron chi connectivity index (χ3n) is 14.7. The van der Waals surface area contributed by atoms with E-state index in [-0.39, 0.29) is 21.7 Å². The molecule has 0 bridgehead atoms. The number of hydrogen-bond acceptors (Lipinski definition) is 1. The summed E-state index contributed by atoms with van der Waals surface area (Å²) in [5.41, 5.74) is 22.9. The Hall–Kier alpha value is -6.64. The molecule has 0 amide bonds. The summed E-state index contributed by atoms with van der Waals surface area (Å²) >= 11 is 0. The summed E-state index contributed by atoms with van der Waals surface area (Å²) in [7, 11) is 0. The Morgan fingerprint density at radius 3 is 1.73 bits per heavy atom. The summed E-state index contributed by atoms with van der Waals surface area (Å²) in [4.78, 5) is 2.55. The highest BCUT2D eigenvalue weighted by Gasteiger charge is 2.40. The molecule has 0 atom stereocenters. The Labute approximate surface area is 379 Å². The Bertz CT molecular complexity index is 3320. The lowest BCUT2D eigenvalue weighted by Gasteiger charge is -2.34. The predicted octanol–water partition coefficient (Wildman–Crippen LogP) is 17.1. The van der Waals surface area contributed by atoms with Gasteiger partial charge in [0.2, 0.25) is 0 Å². The van der Waals surface area contributed by atoms with Crippen molar-refractivity contribution >= 4 is 38.9 Å². The molecule has 2 heteroatoms. The van der Waals surface area contributed by atoms with Crippen LogP contribution < -0.4 is 4.90 Å². The molecule has 8 aromatic carbocycles. The number of hydrogen-bond donors (Lipinski definition) is 0. The Morgan fingerprint density at radius 2 is 0.984 bits per heavy atom. The van der Waals surface area contributed by atoms with Crippen molar-refractivity contribution in [2.45, 2.75) is 90.9 Å². The quantitative estimate of drug-likeness (QED) is 0.168. The number of rotatable bonds is 5. The van der Waals surface area contributed by atoms with Crippen LogP contribution in [0.3, 0.4) is 0 Å². The van der Waals surface area contributed by atoms with Crippen LogP contribution in [0.25, 0.3) is 60.9 Å². The lowest BCUT2D eigenvalue weighted by atomic mass is 9.77. The van der Waals surface area contributed by atoms with E-state index >= 15 is 0 Å². The van der Waals surface area contributed by atoms with Crippen LogP contribution in [0.5, 0.6) is 0 Å². The molecular weight excluding hydrogens is 773 g/mol. The first-order valence-corrected chi connectivity index (χ1v) is 23.1. The van der Waals surface area contributed by atoms with Crippen LogP contribution in [0.1, 0.15) is 103 Å². The maximum Gasteiger partial charge on any atom is 0.0541 e. The van der Waals surface area contributed by atoms with Gasteiger partial charge in [0.15, 0.2) is 0 Å². The zero-order valence-corrected chi connectivity index (χ0v) is 39.1. The van der Waals surface area contributed by atoms with Gasteiger partial charge in [0, 0.05) is 38.7 Å². The average Bonchev–Trinajstić information content (AvgIpc) is 3.82. The summed E-state index contributed by atoms with van der Waals surface area (Å²) in [6.07, 6.45) is 0. The molecule has 11 rings (SSSR count). The molecule has 0 spiro atoms. The van der Waals surface area contributed by atoms with E-state index in [1.807, 2.05) is 0 Å². The smallest absolute Gasteiger partial charge is 0.0541 e. The Balaban J connectivity index is 1.10. The van der Waals surface area contributed by atoms with E-state index in [2.05, 4.69) is 249 Å². The average molecular weight is 831 g/mol. The van der Waals surface area contributed by atoms with E-state index in [0.717, 1.165) is 5.69 Å². The molecule has 0 saturated carbocycles. The third-order valence-corrected chi connectivity index (χ3v) is 14.7. The maximum atomic E-state index is 2.55. The first kappa shape index (κ1) is 40.2. The second-order valence-corrected chi connectivity index (χ2v) is 21.5. The topological polar surface area (TPSA) is 8.17 Å². The fourth-order valence-corrected chi connectivity index (χ4v) is 11.1. The largest absolute Gasteiger partial charge is 0.310 e. The fraction of sp³-hybridized carbons (Fsp3) is 0.226. The number of aromatic nitrogens is 1. The van der Waals surface area contributed by atoms with Crippen LogP contribution in [0, 0.1) is 0 Å². The molecule has 1 aromatic heterocycles. The van der Waals surface area contributed by atoms with E-state index < -0.39 is 0 Å². The number of nitrogens with zero attached hydrogens (tertiary/aromatic N) is 2. The van der Waals surface area contributed by atoms with Gasteiger partial charge in [-0.1, -0.05) is 178 Å². The van der Waals surface area contributed by atoms with Crippen LogP contribution in [0.2, 0.25) is 0 Å². The molecule has 0 aliphatic heterocycles. The molecule has 0 unspecified atom stereocenters. The zero-order chi connectivity index (χ0) is 44.5. The van der Waals surface area contributed by atoms with E-state index in [1.54, 1.807) is 0 Å². The summed E-state index contributed by atoms with van der Waals surface area (Å²) in [6.45, 7) is 23.7. The van der Waals surface area contributed by atoms with Gasteiger partial charge in [-0.3, -0.25) is 0 Å². The lowest BCUT2D eigenvalue weighted by molar-refractivity contribution is 0.580. The van der Waals surface area contributed by atoms with Gasteiger partial charge >= 0.3 is 0 Å². The van der Waals surface area contributed by atoms with Crippen LogP contribution in [0.4, 0.5) is 17.1 Å². The molecule has 2 aliphatic carbocycles. The van der Waals surface area contributed by atoms with Gasteiger partial charge < -0.3 is 9.47 Å². The fourth-order valence-electron chi connectivity index (χ4n) is 11.1. The van der Waals surface area contributed by atoms with Gasteiger partial charge in [-0.25, -0.2) is 0 Å². The van der Waals surface area contributed by atoms with Gasteiger partial charge in [-0.15, -0.1) is 0 Å².